The number of thioether (sulfide) groups is 1. The standard InChI is InChI=1S/C22H36N2O5S/c1-6-29-20(28)15-14-12-13(2)22(30-14)16(15)19(27)24(10-8-7-9-11-25)17(22)18(26)23-21(3,4)5/h13-17,25H,6-12H2,1-5H3,(H,23,26)/t13?,14-,15+,16+,17?,22?/m1/s1. The van der Waals surface area contributed by atoms with Gasteiger partial charge in [-0.3, -0.25) is 14.4 Å². The molecular weight excluding hydrogens is 404 g/mol. The maximum absolute atomic E-state index is 13.7. The Hall–Kier alpha value is -1.28. The highest BCUT2D eigenvalue weighted by Crippen LogP contribution is 2.68. The van der Waals surface area contributed by atoms with Crippen molar-refractivity contribution in [2.24, 2.45) is 17.8 Å². The summed E-state index contributed by atoms with van der Waals surface area (Å²) in [6, 6.07) is -0.590. The number of fused-ring (bicyclic) bond motifs is 1. The van der Waals surface area contributed by atoms with Gasteiger partial charge in [0.25, 0.3) is 0 Å². The molecule has 2 N–H and O–H groups in total. The van der Waals surface area contributed by atoms with Gasteiger partial charge in [-0.2, -0.15) is 0 Å². The van der Waals surface area contributed by atoms with Gasteiger partial charge >= 0.3 is 5.97 Å². The van der Waals surface area contributed by atoms with Gasteiger partial charge < -0.3 is 20.1 Å². The van der Waals surface area contributed by atoms with Crippen LogP contribution < -0.4 is 5.32 Å². The molecule has 0 aromatic heterocycles. The molecule has 3 aliphatic rings. The predicted octanol–water partition coefficient (Wildman–Crippen LogP) is 1.96. The summed E-state index contributed by atoms with van der Waals surface area (Å²) in [6.45, 7) is 10.6. The normalized spacial score (nSPS) is 34.9. The Kier molecular flexibility index (Phi) is 6.77. The SMILES string of the molecule is CCOC(=O)[C@@H]1[C@H]2C(=O)N(CCCCCO)C(C(=O)NC(C)(C)C)C23S[C@@H]1CC3C. The van der Waals surface area contributed by atoms with Crippen molar-refractivity contribution in [1.29, 1.82) is 0 Å². The summed E-state index contributed by atoms with van der Waals surface area (Å²) in [4.78, 5) is 41.7. The third-order valence-corrected chi connectivity index (χ3v) is 8.68. The topological polar surface area (TPSA) is 95.9 Å². The lowest BCUT2D eigenvalue weighted by atomic mass is 9.66. The highest BCUT2D eigenvalue weighted by Gasteiger charge is 2.76. The number of esters is 1. The smallest absolute Gasteiger partial charge is 0.310 e. The first kappa shape index (κ1) is 23.4. The quantitative estimate of drug-likeness (QED) is 0.443. The fourth-order valence-corrected chi connectivity index (χ4v) is 7.98. The molecular formula is C22H36N2O5S. The molecule has 3 unspecified atom stereocenters. The summed E-state index contributed by atoms with van der Waals surface area (Å²) in [7, 11) is 0. The lowest BCUT2D eigenvalue weighted by molar-refractivity contribution is -0.154. The lowest BCUT2D eigenvalue weighted by Gasteiger charge is -2.39. The van der Waals surface area contributed by atoms with E-state index in [-0.39, 0.29) is 42.2 Å². The van der Waals surface area contributed by atoms with E-state index in [1.165, 1.54) is 0 Å². The highest BCUT2D eigenvalue weighted by atomic mass is 32.2. The number of nitrogens with zero attached hydrogens (tertiary/aromatic N) is 1. The van der Waals surface area contributed by atoms with Crippen LogP contribution in [0.15, 0.2) is 0 Å². The van der Waals surface area contributed by atoms with E-state index in [0.29, 0.717) is 13.0 Å². The number of carbonyl (C=O) groups is 3. The number of amides is 2. The third kappa shape index (κ3) is 3.85. The first-order valence-corrected chi connectivity index (χ1v) is 12.0. The van der Waals surface area contributed by atoms with E-state index >= 15 is 0 Å². The average Bonchev–Trinajstić information content (AvgIpc) is 3.22. The van der Waals surface area contributed by atoms with Crippen LogP contribution >= 0.6 is 11.8 Å². The first-order valence-electron chi connectivity index (χ1n) is 11.2. The molecule has 0 aliphatic carbocycles. The number of hydrogen-bond acceptors (Lipinski definition) is 6. The Bertz CT molecular complexity index is 694. The number of ether oxygens (including phenoxy) is 1. The fraction of sp³-hybridized carbons (Fsp3) is 0.864. The van der Waals surface area contributed by atoms with Gasteiger partial charge in [0.05, 0.1) is 23.2 Å². The van der Waals surface area contributed by atoms with Crippen molar-refractivity contribution in [2.75, 3.05) is 19.8 Å². The highest BCUT2D eigenvalue weighted by molar-refractivity contribution is 8.02. The minimum Gasteiger partial charge on any atom is -0.466 e. The van der Waals surface area contributed by atoms with E-state index in [2.05, 4.69) is 12.2 Å². The minimum absolute atomic E-state index is 0.0227. The molecule has 8 heteroatoms. The summed E-state index contributed by atoms with van der Waals surface area (Å²) >= 11 is 1.67. The van der Waals surface area contributed by atoms with Crippen molar-refractivity contribution in [3.63, 3.8) is 0 Å². The van der Waals surface area contributed by atoms with Gasteiger partial charge in [-0.05, 0) is 59.3 Å². The molecule has 0 radical (unpaired) electrons. The van der Waals surface area contributed by atoms with Crippen molar-refractivity contribution >= 4 is 29.5 Å². The van der Waals surface area contributed by atoms with Crippen LogP contribution in [0.1, 0.15) is 60.3 Å². The maximum atomic E-state index is 13.7. The Labute approximate surface area is 183 Å². The second-order valence-corrected chi connectivity index (χ2v) is 11.4. The summed E-state index contributed by atoms with van der Waals surface area (Å²) in [5, 5.41) is 12.2. The summed E-state index contributed by atoms with van der Waals surface area (Å²) < 4.78 is 4.75. The second-order valence-electron chi connectivity index (χ2n) is 9.86. The van der Waals surface area contributed by atoms with Gasteiger partial charge in [0, 0.05) is 23.9 Å². The van der Waals surface area contributed by atoms with E-state index in [9.17, 15) is 14.4 Å². The van der Waals surface area contributed by atoms with Crippen molar-refractivity contribution in [2.45, 2.75) is 81.9 Å². The van der Waals surface area contributed by atoms with Crippen LogP contribution in [0.2, 0.25) is 0 Å². The molecule has 3 heterocycles. The molecule has 7 nitrogen and oxygen atoms in total. The van der Waals surface area contributed by atoms with Crippen LogP contribution in [-0.2, 0) is 19.1 Å². The van der Waals surface area contributed by atoms with E-state index in [1.54, 1.807) is 23.6 Å². The van der Waals surface area contributed by atoms with Gasteiger partial charge in [0.15, 0.2) is 0 Å². The summed E-state index contributed by atoms with van der Waals surface area (Å²) in [5.74, 6) is -1.36. The number of likely N-dealkylation sites (tertiary alicyclic amines) is 1. The van der Waals surface area contributed by atoms with Crippen molar-refractivity contribution in [3.05, 3.63) is 0 Å². The maximum Gasteiger partial charge on any atom is 0.310 e. The molecule has 2 bridgehead atoms. The fourth-order valence-electron chi connectivity index (χ4n) is 5.57. The molecule has 3 saturated heterocycles. The average molecular weight is 441 g/mol. The first-order chi connectivity index (χ1) is 14.1. The zero-order chi connectivity index (χ0) is 22.3. The van der Waals surface area contributed by atoms with Crippen molar-refractivity contribution < 1.29 is 24.2 Å². The Morgan fingerprint density at radius 1 is 1.30 bits per heavy atom. The van der Waals surface area contributed by atoms with Crippen LogP contribution in [0.4, 0.5) is 0 Å². The molecule has 170 valence electrons. The van der Waals surface area contributed by atoms with Crippen LogP contribution in [-0.4, -0.2) is 69.1 Å². The number of carbonyl (C=O) groups excluding carboxylic acids is 3. The third-order valence-electron chi connectivity index (χ3n) is 6.61. The van der Waals surface area contributed by atoms with Crippen LogP contribution in [0.3, 0.4) is 0 Å². The van der Waals surface area contributed by atoms with Crippen LogP contribution in [0, 0.1) is 17.8 Å². The lowest BCUT2D eigenvalue weighted by Crippen LogP contribution is -2.59. The van der Waals surface area contributed by atoms with Gasteiger partial charge in [-0.25, -0.2) is 0 Å². The number of rotatable bonds is 8. The number of aliphatic hydroxyl groups is 1. The van der Waals surface area contributed by atoms with E-state index in [0.717, 1.165) is 19.3 Å². The Morgan fingerprint density at radius 3 is 2.60 bits per heavy atom. The van der Waals surface area contributed by atoms with E-state index < -0.39 is 28.2 Å². The predicted molar refractivity (Wildman–Crippen MR) is 116 cm³/mol. The largest absolute Gasteiger partial charge is 0.466 e. The van der Waals surface area contributed by atoms with Gasteiger partial charge in [0.2, 0.25) is 11.8 Å². The molecule has 1 spiro atoms. The molecule has 6 atom stereocenters. The van der Waals surface area contributed by atoms with Gasteiger partial charge in [0.1, 0.15) is 6.04 Å². The molecule has 30 heavy (non-hydrogen) atoms. The molecule has 0 aromatic carbocycles. The van der Waals surface area contributed by atoms with Crippen LogP contribution in [0.25, 0.3) is 0 Å². The molecule has 3 aliphatic heterocycles. The Morgan fingerprint density at radius 2 is 2.00 bits per heavy atom. The number of nitrogens with one attached hydrogen (secondary N) is 1. The van der Waals surface area contributed by atoms with E-state index in [4.69, 9.17) is 9.84 Å². The molecule has 3 fully saturated rings. The van der Waals surface area contributed by atoms with E-state index in [1.807, 2.05) is 20.8 Å². The minimum atomic E-state index is -0.592. The monoisotopic (exact) mass is 440 g/mol. The molecule has 0 saturated carbocycles. The molecule has 2 amide bonds. The summed E-state index contributed by atoms with van der Waals surface area (Å²) in [5.41, 5.74) is -0.414. The number of hydrogen-bond donors (Lipinski definition) is 2. The summed E-state index contributed by atoms with van der Waals surface area (Å²) in [6.07, 6.45) is 3.00. The van der Waals surface area contributed by atoms with Crippen LogP contribution in [0.5, 0.6) is 0 Å². The van der Waals surface area contributed by atoms with Crippen molar-refractivity contribution in [1.82, 2.24) is 10.2 Å². The number of aliphatic hydroxyl groups excluding tert-OH is 1. The van der Waals surface area contributed by atoms with Crippen molar-refractivity contribution in [3.8, 4) is 0 Å². The zero-order valence-electron chi connectivity index (χ0n) is 18.8. The van der Waals surface area contributed by atoms with Gasteiger partial charge in [-0.1, -0.05) is 6.92 Å². The Balaban J connectivity index is 1.97. The molecule has 0 aromatic rings. The zero-order valence-corrected chi connectivity index (χ0v) is 19.6. The second kappa shape index (κ2) is 8.69. The number of unbranched alkanes of at least 4 members (excludes halogenated alkanes) is 2. The van der Waals surface area contributed by atoms with Gasteiger partial charge in [-0.15, -0.1) is 11.8 Å². The molecule has 3 rings (SSSR count).